The Bertz CT molecular complexity index is 549. The maximum atomic E-state index is 12.6. The number of carbonyl (C=O) groups is 1. The van der Waals surface area contributed by atoms with Crippen molar-refractivity contribution in [2.24, 2.45) is 11.1 Å². The van der Waals surface area contributed by atoms with Gasteiger partial charge in [0.1, 0.15) is 0 Å². The minimum absolute atomic E-state index is 0.0529. The number of nitrogens with zero attached hydrogens (tertiary/aromatic N) is 2. The molecule has 4 nitrogen and oxygen atoms in total. The minimum Gasteiger partial charge on any atom is -0.341 e. The van der Waals surface area contributed by atoms with Crippen LogP contribution in [0.3, 0.4) is 0 Å². The summed E-state index contributed by atoms with van der Waals surface area (Å²) < 4.78 is 0. The van der Waals surface area contributed by atoms with Gasteiger partial charge in [0.15, 0.2) is 0 Å². The number of nitriles is 1. The van der Waals surface area contributed by atoms with Gasteiger partial charge in [0, 0.05) is 19.6 Å². The normalized spacial score (nSPS) is 25.2. The van der Waals surface area contributed by atoms with E-state index in [1.54, 1.807) is 18.0 Å². The molecule has 0 bridgehead atoms. The van der Waals surface area contributed by atoms with Gasteiger partial charge in [0.25, 0.3) is 0 Å². The molecule has 2 rings (SSSR count). The molecular formula is C16H21N3O. The van der Waals surface area contributed by atoms with E-state index in [1.165, 1.54) is 0 Å². The van der Waals surface area contributed by atoms with Crippen molar-refractivity contribution in [1.82, 2.24) is 4.90 Å². The second-order valence-corrected chi connectivity index (χ2v) is 5.89. The quantitative estimate of drug-likeness (QED) is 0.914. The maximum absolute atomic E-state index is 12.6. The molecule has 1 saturated carbocycles. The van der Waals surface area contributed by atoms with Crippen molar-refractivity contribution >= 4 is 5.91 Å². The van der Waals surface area contributed by atoms with E-state index in [4.69, 9.17) is 11.0 Å². The molecule has 1 aliphatic rings. The van der Waals surface area contributed by atoms with Crippen LogP contribution in [0.4, 0.5) is 0 Å². The third-order valence-electron chi connectivity index (χ3n) is 4.34. The Balaban J connectivity index is 2.10. The highest BCUT2D eigenvalue weighted by Crippen LogP contribution is 2.38. The Morgan fingerprint density at radius 1 is 1.60 bits per heavy atom. The van der Waals surface area contributed by atoms with Gasteiger partial charge in [-0.15, -0.1) is 0 Å². The smallest absolute Gasteiger partial charge is 0.230 e. The predicted octanol–water partition coefficient (Wildman–Crippen LogP) is 2.03. The highest BCUT2D eigenvalue weighted by Gasteiger charge is 2.44. The summed E-state index contributed by atoms with van der Waals surface area (Å²) in [5.41, 5.74) is 7.24. The van der Waals surface area contributed by atoms with Crippen molar-refractivity contribution in [2.45, 2.75) is 38.8 Å². The zero-order valence-electron chi connectivity index (χ0n) is 12.1. The lowest BCUT2D eigenvalue weighted by Crippen LogP contribution is -2.47. The largest absolute Gasteiger partial charge is 0.341 e. The summed E-state index contributed by atoms with van der Waals surface area (Å²) in [6.07, 6.45) is 2.79. The SMILES string of the molecule is CN(Cc1cccc(C#N)c1)C(=O)C1(C)CCCC1N. The fraction of sp³-hybridized carbons (Fsp3) is 0.500. The summed E-state index contributed by atoms with van der Waals surface area (Å²) in [4.78, 5) is 14.3. The van der Waals surface area contributed by atoms with Crippen LogP contribution < -0.4 is 5.73 Å². The number of nitrogens with two attached hydrogens (primary N) is 1. The maximum Gasteiger partial charge on any atom is 0.230 e. The second kappa shape index (κ2) is 5.64. The first-order chi connectivity index (χ1) is 9.47. The van der Waals surface area contributed by atoms with Crippen LogP contribution in [-0.2, 0) is 11.3 Å². The molecule has 0 spiro atoms. The third-order valence-corrected chi connectivity index (χ3v) is 4.34. The van der Waals surface area contributed by atoms with E-state index in [-0.39, 0.29) is 11.9 Å². The zero-order chi connectivity index (χ0) is 14.8. The van der Waals surface area contributed by atoms with Gasteiger partial charge in [-0.1, -0.05) is 18.6 Å². The van der Waals surface area contributed by atoms with E-state index in [2.05, 4.69) is 6.07 Å². The first-order valence-electron chi connectivity index (χ1n) is 6.97. The number of hydrogen-bond acceptors (Lipinski definition) is 3. The van der Waals surface area contributed by atoms with E-state index in [0.717, 1.165) is 24.8 Å². The Hall–Kier alpha value is -1.86. The van der Waals surface area contributed by atoms with Crippen LogP contribution in [0.25, 0.3) is 0 Å². The first-order valence-corrected chi connectivity index (χ1v) is 6.97. The van der Waals surface area contributed by atoms with Crippen molar-refractivity contribution in [3.8, 4) is 6.07 Å². The molecule has 0 heterocycles. The Labute approximate surface area is 120 Å². The van der Waals surface area contributed by atoms with Crippen LogP contribution in [0, 0.1) is 16.7 Å². The molecule has 20 heavy (non-hydrogen) atoms. The van der Waals surface area contributed by atoms with Gasteiger partial charge in [-0.05, 0) is 37.5 Å². The van der Waals surface area contributed by atoms with Gasteiger partial charge in [-0.3, -0.25) is 4.79 Å². The van der Waals surface area contributed by atoms with Crippen LogP contribution in [0.2, 0.25) is 0 Å². The molecule has 1 amide bonds. The summed E-state index contributed by atoms with van der Waals surface area (Å²) in [6, 6.07) is 9.42. The van der Waals surface area contributed by atoms with Crippen molar-refractivity contribution < 1.29 is 4.79 Å². The predicted molar refractivity (Wildman–Crippen MR) is 77.6 cm³/mol. The lowest BCUT2D eigenvalue weighted by molar-refractivity contribution is -0.140. The second-order valence-electron chi connectivity index (χ2n) is 5.89. The summed E-state index contributed by atoms with van der Waals surface area (Å²) >= 11 is 0. The lowest BCUT2D eigenvalue weighted by atomic mass is 9.83. The molecule has 0 aromatic heterocycles. The van der Waals surface area contributed by atoms with E-state index in [9.17, 15) is 4.79 Å². The monoisotopic (exact) mass is 271 g/mol. The fourth-order valence-corrected chi connectivity index (χ4v) is 2.98. The van der Waals surface area contributed by atoms with Gasteiger partial charge >= 0.3 is 0 Å². The van der Waals surface area contributed by atoms with Crippen molar-refractivity contribution in [3.05, 3.63) is 35.4 Å². The molecule has 4 heteroatoms. The third kappa shape index (κ3) is 2.68. The van der Waals surface area contributed by atoms with Gasteiger partial charge < -0.3 is 10.6 Å². The highest BCUT2D eigenvalue weighted by molar-refractivity contribution is 5.83. The topological polar surface area (TPSA) is 70.1 Å². The Morgan fingerprint density at radius 2 is 2.35 bits per heavy atom. The summed E-state index contributed by atoms with van der Waals surface area (Å²) in [5, 5.41) is 8.91. The number of benzene rings is 1. The molecule has 2 unspecified atom stereocenters. The van der Waals surface area contributed by atoms with Crippen LogP contribution in [0.15, 0.2) is 24.3 Å². The fourth-order valence-electron chi connectivity index (χ4n) is 2.98. The van der Waals surface area contributed by atoms with Crippen LogP contribution in [-0.4, -0.2) is 23.9 Å². The number of rotatable bonds is 3. The van der Waals surface area contributed by atoms with E-state index in [0.29, 0.717) is 12.1 Å². The van der Waals surface area contributed by atoms with Crippen LogP contribution in [0.1, 0.15) is 37.3 Å². The van der Waals surface area contributed by atoms with E-state index >= 15 is 0 Å². The highest BCUT2D eigenvalue weighted by atomic mass is 16.2. The average Bonchev–Trinajstić information content (AvgIpc) is 2.79. The van der Waals surface area contributed by atoms with Crippen LogP contribution in [0.5, 0.6) is 0 Å². The number of carbonyl (C=O) groups excluding carboxylic acids is 1. The zero-order valence-corrected chi connectivity index (χ0v) is 12.1. The molecule has 0 aliphatic heterocycles. The molecule has 106 valence electrons. The molecule has 0 saturated heterocycles. The van der Waals surface area contributed by atoms with Crippen molar-refractivity contribution in [3.63, 3.8) is 0 Å². The first kappa shape index (κ1) is 14.5. The molecule has 1 fully saturated rings. The van der Waals surface area contributed by atoms with E-state index in [1.807, 2.05) is 25.1 Å². The molecule has 1 aromatic rings. The summed E-state index contributed by atoms with van der Waals surface area (Å²) in [7, 11) is 1.80. The summed E-state index contributed by atoms with van der Waals surface area (Å²) in [6.45, 7) is 2.48. The average molecular weight is 271 g/mol. The van der Waals surface area contributed by atoms with Crippen molar-refractivity contribution in [1.29, 1.82) is 5.26 Å². The molecule has 1 aliphatic carbocycles. The number of amides is 1. The van der Waals surface area contributed by atoms with E-state index < -0.39 is 5.41 Å². The Morgan fingerprint density at radius 3 is 2.95 bits per heavy atom. The van der Waals surface area contributed by atoms with Gasteiger partial charge in [-0.25, -0.2) is 0 Å². The lowest BCUT2D eigenvalue weighted by Gasteiger charge is -2.32. The summed E-state index contributed by atoms with van der Waals surface area (Å²) in [5.74, 6) is 0.102. The molecule has 2 N–H and O–H groups in total. The van der Waals surface area contributed by atoms with Crippen molar-refractivity contribution in [2.75, 3.05) is 7.05 Å². The van der Waals surface area contributed by atoms with Gasteiger partial charge in [0.2, 0.25) is 5.91 Å². The molecule has 1 aromatic carbocycles. The molecule has 0 radical (unpaired) electrons. The standard InChI is InChI=1S/C16H21N3O/c1-16(8-4-7-14(16)18)15(20)19(2)11-13-6-3-5-12(9-13)10-17/h3,5-6,9,14H,4,7-8,11,18H2,1-2H3. The number of hydrogen-bond donors (Lipinski definition) is 1. The Kier molecular flexibility index (Phi) is 4.10. The van der Waals surface area contributed by atoms with Gasteiger partial charge in [0.05, 0.1) is 17.0 Å². The van der Waals surface area contributed by atoms with Gasteiger partial charge in [-0.2, -0.15) is 5.26 Å². The van der Waals surface area contributed by atoms with Crippen LogP contribution >= 0.6 is 0 Å². The minimum atomic E-state index is -0.443. The molecular weight excluding hydrogens is 250 g/mol. The molecule has 2 atom stereocenters.